The Labute approximate surface area is 240 Å². The molecule has 12 heteroatoms. The van der Waals surface area contributed by atoms with Crippen molar-refractivity contribution in [1.82, 2.24) is 20.6 Å². The summed E-state index contributed by atoms with van der Waals surface area (Å²) >= 11 is 0. The Morgan fingerprint density at radius 1 is 0.786 bits per heavy atom. The standard InChI is InChI=1S/C30H25N5O6S/c1-41-26-14-8-7-13-25(26)34-42(39,40)22-17-15-21(16-18-22)28(36)31-32-29(37)27-23-11-5-6-12-24(23)30(38)35(33-27)19-20-9-3-2-4-10-20/h2-18,34H,19H2,1H3,(H,31,36)(H,32,37). The summed E-state index contributed by atoms with van der Waals surface area (Å²) < 4.78 is 34.5. The van der Waals surface area contributed by atoms with E-state index in [1.807, 2.05) is 30.3 Å². The van der Waals surface area contributed by atoms with Gasteiger partial charge in [-0.1, -0.05) is 60.7 Å². The van der Waals surface area contributed by atoms with Crippen molar-refractivity contribution < 1.29 is 22.7 Å². The van der Waals surface area contributed by atoms with Crippen LogP contribution in [0.5, 0.6) is 5.75 Å². The molecule has 0 bridgehead atoms. The fraction of sp³-hybridized carbons (Fsp3) is 0.0667. The van der Waals surface area contributed by atoms with Gasteiger partial charge in [0, 0.05) is 10.9 Å². The Balaban J connectivity index is 1.31. The number of para-hydroxylation sites is 2. The second kappa shape index (κ2) is 11.9. The molecule has 0 radical (unpaired) electrons. The first-order chi connectivity index (χ1) is 20.3. The van der Waals surface area contributed by atoms with Crippen molar-refractivity contribution in [2.24, 2.45) is 0 Å². The van der Waals surface area contributed by atoms with E-state index in [1.54, 1.807) is 48.5 Å². The molecule has 4 aromatic carbocycles. The van der Waals surface area contributed by atoms with Crippen molar-refractivity contribution in [3.8, 4) is 5.75 Å². The van der Waals surface area contributed by atoms with E-state index in [0.29, 0.717) is 16.5 Å². The Hall–Kier alpha value is -5.49. The van der Waals surface area contributed by atoms with Gasteiger partial charge in [0.2, 0.25) is 0 Å². The van der Waals surface area contributed by atoms with Crippen molar-refractivity contribution in [3.63, 3.8) is 0 Å². The molecule has 2 amide bonds. The minimum atomic E-state index is -3.97. The van der Waals surface area contributed by atoms with Crippen LogP contribution in [0.4, 0.5) is 5.69 Å². The van der Waals surface area contributed by atoms with Crippen LogP contribution in [0.3, 0.4) is 0 Å². The largest absolute Gasteiger partial charge is 0.495 e. The average molecular weight is 584 g/mol. The maximum absolute atomic E-state index is 13.1. The zero-order valence-electron chi connectivity index (χ0n) is 22.3. The van der Waals surface area contributed by atoms with E-state index in [1.165, 1.54) is 36.1 Å². The number of sulfonamides is 1. The fourth-order valence-corrected chi connectivity index (χ4v) is 5.30. The summed E-state index contributed by atoms with van der Waals surface area (Å²) in [6, 6.07) is 27.5. The number of hydrogen-bond acceptors (Lipinski definition) is 7. The lowest BCUT2D eigenvalue weighted by Gasteiger charge is -2.13. The fourth-order valence-electron chi connectivity index (χ4n) is 4.23. The van der Waals surface area contributed by atoms with Crippen molar-refractivity contribution in [3.05, 3.63) is 130 Å². The number of amides is 2. The van der Waals surface area contributed by atoms with Crippen molar-refractivity contribution >= 4 is 38.3 Å². The lowest BCUT2D eigenvalue weighted by molar-refractivity contribution is 0.0843. The first-order valence-corrected chi connectivity index (χ1v) is 14.2. The lowest BCUT2D eigenvalue weighted by Crippen LogP contribution is -2.42. The monoisotopic (exact) mass is 583 g/mol. The second-order valence-electron chi connectivity index (χ2n) is 9.08. The van der Waals surface area contributed by atoms with Gasteiger partial charge in [0.1, 0.15) is 5.75 Å². The van der Waals surface area contributed by atoms with E-state index < -0.39 is 21.8 Å². The molecular weight excluding hydrogens is 558 g/mol. The van der Waals surface area contributed by atoms with Crippen LogP contribution in [0.2, 0.25) is 0 Å². The van der Waals surface area contributed by atoms with Crippen LogP contribution in [0.25, 0.3) is 10.8 Å². The van der Waals surface area contributed by atoms with Crippen LogP contribution in [-0.4, -0.2) is 37.1 Å². The SMILES string of the molecule is COc1ccccc1NS(=O)(=O)c1ccc(C(=O)NNC(=O)c2nn(Cc3ccccc3)c(=O)c3ccccc23)cc1. The van der Waals surface area contributed by atoms with Gasteiger partial charge >= 0.3 is 0 Å². The first-order valence-electron chi connectivity index (χ1n) is 12.7. The molecule has 1 aromatic heterocycles. The number of rotatable bonds is 8. The second-order valence-corrected chi connectivity index (χ2v) is 10.8. The van der Waals surface area contributed by atoms with Gasteiger partial charge < -0.3 is 4.74 Å². The highest BCUT2D eigenvalue weighted by Crippen LogP contribution is 2.26. The van der Waals surface area contributed by atoms with E-state index in [0.717, 1.165) is 5.56 Å². The van der Waals surface area contributed by atoms with Gasteiger partial charge in [0.05, 0.1) is 29.6 Å². The number of nitrogens with one attached hydrogen (secondary N) is 3. The number of nitrogens with zero attached hydrogens (tertiary/aromatic N) is 2. The topological polar surface area (TPSA) is 148 Å². The van der Waals surface area contributed by atoms with E-state index in [4.69, 9.17) is 4.74 Å². The van der Waals surface area contributed by atoms with E-state index in [9.17, 15) is 22.8 Å². The van der Waals surface area contributed by atoms with Gasteiger partial charge in [-0.05, 0) is 48.0 Å². The third kappa shape index (κ3) is 5.98. The van der Waals surface area contributed by atoms with Crippen LogP contribution in [0.1, 0.15) is 26.4 Å². The van der Waals surface area contributed by atoms with Crippen LogP contribution in [-0.2, 0) is 16.6 Å². The highest BCUT2D eigenvalue weighted by atomic mass is 32.2. The van der Waals surface area contributed by atoms with Crippen LogP contribution >= 0.6 is 0 Å². The summed E-state index contributed by atoms with van der Waals surface area (Å²) in [5, 5.41) is 4.92. The van der Waals surface area contributed by atoms with Crippen LogP contribution < -0.4 is 25.9 Å². The van der Waals surface area contributed by atoms with Gasteiger partial charge in [0.15, 0.2) is 5.69 Å². The van der Waals surface area contributed by atoms with Gasteiger partial charge in [-0.15, -0.1) is 0 Å². The number of aromatic nitrogens is 2. The molecule has 0 spiro atoms. The molecule has 0 saturated heterocycles. The number of methoxy groups -OCH3 is 1. The molecule has 5 rings (SSSR count). The molecule has 0 aliphatic heterocycles. The van der Waals surface area contributed by atoms with Crippen molar-refractivity contribution in [1.29, 1.82) is 0 Å². The molecule has 0 unspecified atom stereocenters. The molecule has 0 atom stereocenters. The molecule has 0 aliphatic carbocycles. The van der Waals surface area contributed by atoms with E-state index in [-0.39, 0.29) is 33.9 Å². The molecule has 0 aliphatic rings. The quantitative estimate of drug-likeness (QED) is 0.237. The Bertz CT molecular complexity index is 1940. The summed E-state index contributed by atoms with van der Waals surface area (Å²) in [5.41, 5.74) is 5.42. The van der Waals surface area contributed by atoms with E-state index >= 15 is 0 Å². The summed E-state index contributed by atoms with van der Waals surface area (Å²) in [6.07, 6.45) is 0. The third-order valence-electron chi connectivity index (χ3n) is 6.33. The molecule has 11 nitrogen and oxygen atoms in total. The molecule has 42 heavy (non-hydrogen) atoms. The van der Waals surface area contributed by atoms with Gasteiger partial charge in [-0.2, -0.15) is 5.10 Å². The number of benzene rings is 4. The van der Waals surface area contributed by atoms with Crippen LogP contribution in [0.15, 0.2) is 113 Å². The molecule has 0 saturated carbocycles. The van der Waals surface area contributed by atoms with E-state index in [2.05, 4.69) is 20.7 Å². The van der Waals surface area contributed by atoms with Crippen molar-refractivity contribution in [2.75, 3.05) is 11.8 Å². The Morgan fingerprint density at radius 2 is 1.40 bits per heavy atom. The smallest absolute Gasteiger partial charge is 0.290 e. The molecule has 212 valence electrons. The number of carbonyl (C=O) groups excluding carboxylic acids is 2. The molecule has 1 heterocycles. The number of hydrogen-bond donors (Lipinski definition) is 3. The van der Waals surface area contributed by atoms with Gasteiger partial charge in [0.25, 0.3) is 27.4 Å². The zero-order valence-corrected chi connectivity index (χ0v) is 23.1. The highest BCUT2D eigenvalue weighted by molar-refractivity contribution is 7.92. The Morgan fingerprint density at radius 3 is 2.12 bits per heavy atom. The zero-order chi connectivity index (χ0) is 29.7. The highest BCUT2D eigenvalue weighted by Gasteiger charge is 2.19. The molecule has 3 N–H and O–H groups in total. The minimum absolute atomic E-state index is 0.0507. The maximum Gasteiger partial charge on any atom is 0.290 e. The lowest BCUT2D eigenvalue weighted by atomic mass is 10.1. The molecule has 5 aromatic rings. The number of hydrazine groups is 1. The Kier molecular flexibility index (Phi) is 7.98. The number of anilines is 1. The number of fused-ring (bicyclic) bond motifs is 1. The number of carbonyl (C=O) groups is 2. The summed E-state index contributed by atoms with van der Waals surface area (Å²) in [5.74, 6) is -1.07. The van der Waals surface area contributed by atoms with Gasteiger partial charge in [-0.3, -0.25) is 30.0 Å². The third-order valence-corrected chi connectivity index (χ3v) is 7.71. The van der Waals surface area contributed by atoms with Crippen LogP contribution in [0, 0.1) is 0 Å². The maximum atomic E-state index is 13.1. The molecular formula is C30H25N5O6S. The van der Waals surface area contributed by atoms with Crippen molar-refractivity contribution in [2.45, 2.75) is 11.4 Å². The molecule has 0 fully saturated rings. The summed E-state index contributed by atoms with van der Waals surface area (Å²) in [4.78, 5) is 38.8. The predicted molar refractivity (Wildman–Crippen MR) is 157 cm³/mol. The summed E-state index contributed by atoms with van der Waals surface area (Å²) in [6.45, 7) is 0.151. The average Bonchev–Trinajstić information content (AvgIpc) is 3.01. The minimum Gasteiger partial charge on any atom is -0.495 e. The number of ether oxygens (including phenoxy) is 1. The predicted octanol–water partition coefficient (Wildman–Crippen LogP) is 3.33. The summed E-state index contributed by atoms with van der Waals surface area (Å²) in [7, 11) is -2.54. The first kappa shape index (κ1) is 28.1. The van der Waals surface area contributed by atoms with Gasteiger partial charge in [-0.25, -0.2) is 13.1 Å². The normalized spacial score (nSPS) is 11.1.